The molecule has 2 atom stereocenters. The number of fused-ring (bicyclic) bond motifs is 1. The number of hydrogen-bond acceptors (Lipinski definition) is 6. The van der Waals surface area contributed by atoms with Gasteiger partial charge in [0, 0.05) is 6.54 Å². The Balaban J connectivity index is 1.31. The second kappa shape index (κ2) is 8.11. The van der Waals surface area contributed by atoms with E-state index >= 15 is 0 Å². The maximum Gasteiger partial charge on any atom is 0.419 e. The lowest BCUT2D eigenvalue weighted by molar-refractivity contribution is -0.148. The highest BCUT2D eigenvalue weighted by atomic mass is 16.5. The molecule has 4 rings (SSSR count). The lowest BCUT2D eigenvalue weighted by atomic mass is 9.64. The lowest BCUT2D eigenvalue weighted by Gasteiger charge is -2.43. The summed E-state index contributed by atoms with van der Waals surface area (Å²) in [7, 11) is 0. The summed E-state index contributed by atoms with van der Waals surface area (Å²) in [5.74, 6) is -1.18. The van der Waals surface area contributed by atoms with Gasteiger partial charge in [0.15, 0.2) is 5.58 Å². The highest BCUT2D eigenvalue weighted by molar-refractivity contribution is 6.08. The van der Waals surface area contributed by atoms with Gasteiger partial charge >= 0.3 is 17.8 Å². The second-order valence-corrected chi connectivity index (χ2v) is 9.82. The Labute approximate surface area is 185 Å². The number of amides is 3. The smallest absolute Gasteiger partial charge is 0.419 e. The molecular weight excluding hydrogens is 414 g/mol. The maximum atomic E-state index is 13.1. The molecule has 2 heterocycles. The molecule has 9 nitrogen and oxygen atoms in total. The van der Waals surface area contributed by atoms with E-state index in [9.17, 15) is 19.2 Å². The van der Waals surface area contributed by atoms with Crippen LogP contribution in [0.5, 0.6) is 0 Å². The van der Waals surface area contributed by atoms with Crippen LogP contribution in [0.25, 0.3) is 11.1 Å². The Morgan fingerprint density at radius 2 is 1.97 bits per heavy atom. The lowest BCUT2D eigenvalue weighted by Crippen LogP contribution is -2.54. The third-order valence-electron chi connectivity index (χ3n) is 6.27. The van der Waals surface area contributed by atoms with Crippen LogP contribution in [0.2, 0.25) is 0 Å². The number of oxazole rings is 1. The van der Waals surface area contributed by atoms with Crippen molar-refractivity contribution in [1.82, 2.24) is 14.8 Å². The van der Waals surface area contributed by atoms with Crippen molar-refractivity contribution in [3.05, 3.63) is 34.8 Å². The fourth-order valence-corrected chi connectivity index (χ4v) is 5.46. The minimum Gasteiger partial charge on any atom is -0.464 e. The van der Waals surface area contributed by atoms with E-state index in [0.29, 0.717) is 36.9 Å². The third kappa shape index (κ3) is 4.16. The van der Waals surface area contributed by atoms with Crippen LogP contribution < -0.4 is 11.1 Å². The molecule has 0 radical (unpaired) electrons. The van der Waals surface area contributed by atoms with E-state index in [2.05, 4.69) is 26.1 Å². The first-order valence-corrected chi connectivity index (χ1v) is 11.0. The fourth-order valence-electron chi connectivity index (χ4n) is 5.46. The molecule has 1 N–H and O–H groups in total. The first-order valence-electron chi connectivity index (χ1n) is 11.0. The number of carbonyl (C=O) groups excluding carboxylic acids is 3. The van der Waals surface area contributed by atoms with Gasteiger partial charge in [-0.15, -0.1) is 0 Å². The molecule has 1 aliphatic heterocycles. The van der Waals surface area contributed by atoms with Crippen LogP contribution in [0, 0.1) is 11.3 Å². The molecule has 1 aromatic heterocycles. The van der Waals surface area contributed by atoms with Gasteiger partial charge < -0.3 is 14.5 Å². The van der Waals surface area contributed by atoms with Crippen LogP contribution in [0.15, 0.2) is 33.5 Å². The predicted octanol–water partition coefficient (Wildman–Crippen LogP) is 2.66. The molecule has 172 valence electrons. The van der Waals surface area contributed by atoms with Gasteiger partial charge in [0.2, 0.25) is 0 Å². The first-order chi connectivity index (χ1) is 15.1. The molecule has 32 heavy (non-hydrogen) atoms. The topological polar surface area (TPSA) is 111 Å². The minimum atomic E-state index is -0.942. The van der Waals surface area contributed by atoms with Crippen LogP contribution in [0.3, 0.4) is 0 Å². The van der Waals surface area contributed by atoms with E-state index in [1.807, 2.05) is 6.07 Å². The zero-order chi connectivity index (χ0) is 23.1. The van der Waals surface area contributed by atoms with Crippen molar-refractivity contribution >= 4 is 29.0 Å². The maximum absolute atomic E-state index is 13.1. The number of aryl methyl sites for hydroxylation is 1. The van der Waals surface area contributed by atoms with Crippen molar-refractivity contribution in [3.63, 3.8) is 0 Å². The number of hydrogen-bond donors (Lipinski definition) is 1. The average molecular weight is 444 g/mol. The molecular formula is C23H29N3O6. The highest BCUT2D eigenvalue weighted by Crippen LogP contribution is 2.46. The quantitative estimate of drug-likeness (QED) is 0.417. The number of carbonyl (C=O) groups is 3. The molecule has 1 aromatic carbocycles. The van der Waals surface area contributed by atoms with Gasteiger partial charge in [-0.05, 0) is 49.1 Å². The monoisotopic (exact) mass is 443 g/mol. The number of nitrogens with zero attached hydrogens (tertiary/aromatic N) is 2. The van der Waals surface area contributed by atoms with Crippen LogP contribution in [0.1, 0.15) is 46.5 Å². The molecule has 1 aliphatic carbocycles. The summed E-state index contributed by atoms with van der Waals surface area (Å²) >= 11 is 0. The van der Waals surface area contributed by atoms with E-state index in [0.717, 1.165) is 11.3 Å². The summed E-state index contributed by atoms with van der Waals surface area (Å²) in [5, 5.41) is 2.85. The molecule has 9 heteroatoms. The summed E-state index contributed by atoms with van der Waals surface area (Å²) in [6.07, 6.45) is 2.49. The van der Waals surface area contributed by atoms with Gasteiger partial charge in [-0.1, -0.05) is 32.9 Å². The van der Waals surface area contributed by atoms with E-state index in [-0.39, 0.29) is 23.8 Å². The van der Waals surface area contributed by atoms with Gasteiger partial charge in [0.1, 0.15) is 12.1 Å². The van der Waals surface area contributed by atoms with Crippen molar-refractivity contribution in [1.29, 1.82) is 0 Å². The number of rotatable bonds is 6. The zero-order valence-corrected chi connectivity index (χ0v) is 18.7. The van der Waals surface area contributed by atoms with Crippen LogP contribution in [-0.4, -0.2) is 46.1 Å². The SMILES string of the molecule is CC1CC(C)(C)CC2(C1)NC(=O)N(CC(=O)OCCCn1c(=O)oc3ccccc31)C2=O. The van der Waals surface area contributed by atoms with Crippen molar-refractivity contribution in [2.45, 2.75) is 58.5 Å². The van der Waals surface area contributed by atoms with Crippen LogP contribution in [0.4, 0.5) is 4.79 Å². The summed E-state index contributed by atoms with van der Waals surface area (Å²) in [6, 6.07) is 6.55. The number of ether oxygens (including phenoxy) is 1. The summed E-state index contributed by atoms with van der Waals surface area (Å²) in [5.41, 5.74) is 0.161. The molecule has 3 amide bonds. The minimum absolute atomic E-state index is 0.0592. The Bertz CT molecular complexity index is 1120. The zero-order valence-electron chi connectivity index (χ0n) is 18.7. The molecule has 0 bridgehead atoms. The van der Waals surface area contributed by atoms with Crippen molar-refractivity contribution in [2.75, 3.05) is 13.2 Å². The number of aromatic nitrogens is 1. The van der Waals surface area contributed by atoms with Gasteiger partial charge in [-0.3, -0.25) is 19.1 Å². The molecule has 2 aliphatic rings. The molecule has 2 unspecified atom stereocenters. The highest BCUT2D eigenvalue weighted by Gasteiger charge is 2.56. The Kier molecular flexibility index (Phi) is 5.60. The number of imide groups is 1. The van der Waals surface area contributed by atoms with E-state index in [4.69, 9.17) is 9.15 Å². The van der Waals surface area contributed by atoms with Gasteiger partial charge in [0.05, 0.1) is 12.1 Å². The average Bonchev–Trinajstić information content (AvgIpc) is 3.12. The Morgan fingerprint density at radius 1 is 1.22 bits per heavy atom. The molecule has 1 spiro atoms. The summed E-state index contributed by atoms with van der Waals surface area (Å²) < 4.78 is 11.9. The third-order valence-corrected chi connectivity index (χ3v) is 6.27. The summed E-state index contributed by atoms with van der Waals surface area (Å²) in [4.78, 5) is 50.9. The van der Waals surface area contributed by atoms with Gasteiger partial charge in [-0.2, -0.15) is 0 Å². The summed E-state index contributed by atoms with van der Waals surface area (Å²) in [6.45, 7) is 6.22. The predicted molar refractivity (Wildman–Crippen MR) is 116 cm³/mol. The van der Waals surface area contributed by atoms with Crippen molar-refractivity contribution in [3.8, 4) is 0 Å². The Hall–Kier alpha value is -3.10. The first kappa shape index (κ1) is 22.1. The Morgan fingerprint density at radius 3 is 2.72 bits per heavy atom. The molecule has 2 aromatic rings. The molecule has 2 fully saturated rings. The fraction of sp³-hybridized carbons (Fsp3) is 0.565. The second-order valence-electron chi connectivity index (χ2n) is 9.82. The number of urea groups is 1. The van der Waals surface area contributed by atoms with Gasteiger partial charge in [-0.25, -0.2) is 9.59 Å². The van der Waals surface area contributed by atoms with Crippen LogP contribution >= 0.6 is 0 Å². The van der Waals surface area contributed by atoms with Crippen molar-refractivity contribution < 1.29 is 23.5 Å². The van der Waals surface area contributed by atoms with Gasteiger partial charge in [0.25, 0.3) is 5.91 Å². The number of esters is 1. The van der Waals surface area contributed by atoms with Crippen LogP contribution in [-0.2, 0) is 20.9 Å². The number of para-hydroxylation sites is 2. The largest absolute Gasteiger partial charge is 0.464 e. The normalized spacial score (nSPS) is 24.8. The van der Waals surface area contributed by atoms with E-state index in [1.165, 1.54) is 4.57 Å². The molecule has 1 saturated heterocycles. The number of benzene rings is 1. The van der Waals surface area contributed by atoms with E-state index < -0.39 is 29.8 Å². The molecule has 1 saturated carbocycles. The number of nitrogens with one attached hydrogen (secondary N) is 1. The standard InChI is InChI=1S/C23H29N3O6/c1-15-11-22(2,3)14-23(12-15)19(28)26(20(29)24-23)13-18(27)31-10-6-9-25-16-7-4-5-8-17(16)32-21(25)30/h4-5,7-8,15H,6,9-14H2,1-3H3,(H,24,29). The van der Waals surface area contributed by atoms with Crippen molar-refractivity contribution in [2.24, 2.45) is 11.3 Å². The van der Waals surface area contributed by atoms with E-state index in [1.54, 1.807) is 18.2 Å².